The van der Waals surface area contributed by atoms with Gasteiger partial charge in [-0.3, -0.25) is 4.79 Å². The van der Waals surface area contributed by atoms with Crippen molar-refractivity contribution in [3.8, 4) is 5.75 Å². The van der Waals surface area contributed by atoms with E-state index in [0.717, 1.165) is 13.1 Å². The van der Waals surface area contributed by atoms with Crippen molar-refractivity contribution in [2.24, 2.45) is 5.92 Å². The van der Waals surface area contributed by atoms with Crippen LogP contribution < -0.4 is 15.8 Å². The van der Waals surface area contributed by atoms with Gasteiger partial charge in [0, 0.05) is 24.8 Å². The largest absolute Gasteiger partial charge is 0.497 e. The molecule has 110 valence electrons. The highest BCUT2D eigenvalue weighted by atomic mass is 16.5. The number of nitrogen functional groups attached to an aromatic ring is 1. The lowest BCUT2D eigenvalue weighted by Crippen LogP contribution is -2.39. The third-order valence-electron chi connectivity index (χ3n) is 3.78. The van der Waals surface area contributed by atoms with Crippen LogP contribution in [0.15, 0.2) is 18.2 Å². The molecule has 5 nitrogen and oxygen atoms in total. The molecule has 1 unspecified atom stereocenters. The molecule has 1 aliphatic heterocycles. The van der Waals surface area contributed by atoms with Gasteiger partial charge in [0.2, 0.25) is 0 Å². The first-order chi connectivity index (χ1) is 9.60. The summed E-state index contributed by atoms with van der Waals surface area (Å²) >= 11 is 0. The zero-order valence-electron chi connectivity index (χ0n) is 12.2. The molecule has 0 aromatic heterocycles. The van der Waals surface area contributed by atoms with Crippen molar-refractivity contribution in [3.63, 3.8) is 0 Å². The average molecular weight is 277 g/mol. The Bertz CT molecular complexity index is 476. The van der Waals surface area contributed by atoms with E-state index in [2.05, 4.69) is 17.3 Å². The average Bonchev–Trinajstić information content (AvgIpc) is 2.44. The molecule has 1 aliphatic rings. The number of methoxy groups -OCH3 is 1. The monoisotopic (exact) mass is 277 g/mol. The predicted octanol–water partition coefficient (Wildman–Crippen LogP) is 1.35. The van der Waals surface area contributed by atoms with Gasteiger partial charge in [0.15, 0.2) is 0 Å². The number of hydrogen-bond donors (Lipinski definition) is 2. The summed E-state index contributed by atoms with van der Waals surface area (Å²) < 4.78 is 5.08. The Hall–Kier alpha value is -1.75. The summed E-state index contributed by atoms with van der Waals surface area (Å²) in [7, 11) is 3.70. The van der Waals surface area contributed by atoms with Gasteiger partial charge in [-0.1, -0.05) is 0 Å². The van der Waals surface area contributed by atoms with Crippen molar-refractivity contribution in [1.29, 1.82) is 0 Å². The molecule has 1 heterocycles. The lowest BCUT2D eigenvalue weighted by Gasteiger charge is -2.29. The summed E-state index contributed by atoms with van der Waals surface area (Å²) in [4.78, 5) is 14.5. The fourth-order valence-electron chi connectivity index (χ4n) is 2.65. The van der Waals surface area contributed by atoms with E-state index in [1.54, 1.807) is 25.3 Å². The number of likely N-dealkylation sites (tertiary alicyclic amines) is 1. The predicted molar refractivity (Wildman–Crippen MR) is 80.0 cm³/mol. The van der Waals surface area contributed by atoms with Crippen molar-refractivity contribution in [3.05, 3.63) is 23.8 Å². The van der Waals surface area contributed by atoms with Gasteiger partial charge in [0.05, 0.1) is 12.7 Å². The minimum absolute atomic E-state index is 0.113. The molecule has 1 amide bonds. The highest BCUT2D eigenvalue weighted by Crippen LogP contribution is 2.20. The summed E-state index contributed by atoms with van der Waals surface area (Å²) in [6, 6.07) is 5.12. The van der Waals surface area contributed by atoms with Gasteiger partial charge in [0.1, 0.15) is 5.75 Å². The lowest BCUT2D eigenvalue weighted by atomic mass is 9.98. The van der Waals surface area contributed by atoms with E-state index < -0.39 is 0 Å². The van der Waals surface area contributed by atoms with E-state index in [1.807, 2.05) is 0 Å². The first-order valence-corrected chi connectivity index (χ1v) is 7.00. The van der Waals surface area contributed by atoms with E-state index in [4.69, 9.17) is 10.5 Å². The smallest absolute Gasteiger partial charge is 0.253 e. The highest BCUT2D eigenvalue weighted by Gasteiger charge is 2.18. The molecular formula is C15H23N3O2. The summed E-state index contributed by atoms with van der Waals surface area (Å²) in [5, 5.41) is 2.98. The normalized spacial score (nSPS) is 19.6. The number of nitrogens with one attached hydrogen (secondary N) is 1. The number of hydrogen-bond acceptors (Lipinski definition) is 4. The number of amides is 1. The summed E-state index contributed by atoms with van der Waals surface area (Å²) in [6.07, 6.45) is 2.37. The molecule has 5 heteroatoms. The number of carbonyl (C=O) groups is 1. The van der Waals surface area contributed by atoms with E-state index in [0.29, 0.717) is 29.5 Å². The number of benzene rings is 1. The van der Waals surface area contributed by atoms with Gasteiger partial charge >= 0.3 is 0 Å². The first-order valence-electron chi connectivity index (χ1n) is 7.00. The third kappa shape index (κ3) is 3.63. The van der Waals surface area contributed by atoms with Crippen LogP contribution in [0.5, 0.6) is 5.75 Å². The molecule has 0 spiro atoms. The second-order valence-electron chi connectivity index (χ2n) is 5.43. The van der Waals surface area contributed by atoms with Crippen molar-refractivity contribution >= 4 is 11.6 Å². The number of piperidine rings is 1. The Labute approximate surface area is 120 Å². The van der Waals surface area contributed by atoms with Crippen LogP contribution in [-0.4, -0.2) is 44.6 Å². The molecule has 1 fully saturated rings. The molecule has 1 atom stereocenters. The van der Waals surface area contributed by atoms with Crippen LogP contribution in [0.1, 0.15) is 23.2 Å². The van der Waals surface area contributed by atoms with Crippen LogP contribution >= 0.6 is 0 Å². The van der Waals surface area contributed by atoms with Gasteiger partial charge < -0.3 is 20.7 Å². The number of ether oxygens (including phenoxy) is 1. The zero-order chi connectivity index (χ0) is 14.5. The number of nitrogens with zero attached hydrogens (tertiary/aromatic N) is 1. The second kappa shape index (κ2) is 6.61. The number of rotatable bonds is 4. The quantitative estimate of drug-likeness (QED) is 0.815. The van der Waals surface area contributed by atoms with Crippen LogP contribution in [0, 0.1) is 5.92 Å². The minimum atomic E-state index is -0.113. The molecule has 0 radical (unpaired) electrons. The number of nitrogens with two attached hydrogens (primary N) is 1. The fourth-order valence-corrected chi connectivity index (χ4v) is 2.65. The Balaban J connectivity index is 1.91. The zero-order valence-corrected chi connectivity index (χ0v) is 12.2. The van der Waals surface area contributed by atoms with E-state index in [9.17, 15) is 4.79 Å². The number of anilines is 1. The maximum Gasteiger partial charge on any atom is 0.253 e. The standard InChI is InChI=1S/C15H23N3O2/c1-18-7-3-4-11(10-18)9-17-15(19)13-6-5-12(20-2)8-14(13)16/h5-6,8,11H,3-4,7,9-10,16H2,1-2H3,(H,17,19). The van der Waals surface area contributed by atoms with Crippen LogP contribution in [0.25, 0.3) is 0 Å². The lowest BCUT2D eigenvalue weighted by molar-refractivity contribution is 0.0937. The molecule has 1 aromatic rings. The molecule has 0 saturated carbocycles. The Kier molecular flexibility index (Phi) is 4.84. The topological polar surface area (TPSA) is 67.6 Å². The van der Waals surface area contributed by atoms with Crippen LogP contribution in [-0.2, 0) is 0 Å². The van der Waals surface area contributed by atoms with Crippen molar-refractivity contribution in [1.82, 2.24) is 10.2 Å². The maximum absolute atomic E-state index is 12.1. The fraction of sp³-hybridized carbons (Fsp3) is 0.533. The summed E-state index contributed by atoms with van der Waals surface area (Å²) in [5.41, 5.74) is 6.84. The Morgan fingerprint density at radius 3 is 3.00 bits per heavy atom. The van der Waals surface area contributed by atoms with Gasteiger partial charge in [-0.05, 0) is 44.5 Å². The van der Waals surface area contributed by atoms with Crippen LogP contribution in [0.3, 0.4) is 0 Å². The second-order valence-corrected chi connectivity index (χ2v) is 5.43. The molecular weight excluding hydrogens is 254 g/mol. The molecule has 0 bridgehead atoms. The van der Waals surface area contributed by atoms with Gasteiger partial charge in [-0.25, -0.2) is 0 Å². The van der Waals surface area contributed by atoms with Crippen LogP contribution in [0.2, 0.25) is 0 Å². The third-order valence-corrected chi connectivity index (χ3v) is 3.78. The van der Waals surface area contributed by atoms with Crippen molar-refractivity contribution < 1.29 is 9.53 Å². The molecule has 0 aliphatic carbocycles. The van der Waals surface area contributed by atoms with E-state index in [-0.39, 0.29) is 5.91 Å². The summed E-state index contributed by atoms with van der Waals surface area (Å²) in [6.45, 7) is 2.89. The Morgan fingerprint density at radius 2 is 2.35 bits per heavy atom. The molecule has 20 heavy (non-hydrogen) atoms. The van der Waals surface area contributed by atoms with E-state index >= 15 is 0 Å². The SMILES string of the molecule is COc1ccc(C(=O)NCC2CCCN(C)C2)c(N)c1. The maximum atomic E-state index is 12.1. The highest BCUT2D eigenvalue weighted by molar-refractivity contribution is 5.99. The van der Waals surface area contributed by atoms with Crippen LogP contribution in [0.4, 0.5) is 5.69 Å². The van der Waals surface area contributed by atoms with Crippen molar-refractivity contribution in [2.75, 3.05) is 39.5 Å². The number of carbonyl (C=O) groups excluding carboxylic acids is 1. The van der Waals surface area contributed by atoms with E-state index in [1.165, 1.54) is 12.8 Å². The molecule has 1 aromatic carbocycles. The Morgan fingerprint density at radius 1 is 1.55 bits per heavy atom. The molecule has 3 N–H and O–H groups in total. The van der Waals surface area contributed by atoms with Gasteiger partial charge in [-0.15, -0.1) is 0 Å². The molecule has 2 rings (SSSR count). The van der Waals surface area contributed by atoms with Gasteiger partial charge in [-0.2, -0.15) is 0 Å². The minimum Gasteiger partial charge on any atom is -0.497 e. The summed E-state index contributed by atoms with van der Waals surface area (Å²) in [5.74, 6) is 1.07. The first kappa shape index (κ1) is 14.7. The van der Waals surface area contributed by atoms with Gasteiger partial charge in [0.25, 0.3) is 5.91 Å². The van der Waals surface area contributed by atoms with Crippen molar-refractivity contribution in [2.45, 2.75) is 12.8 Å². The molecule has 1 saturated heterocycles.